The fraction of sp³-hybridized carbons (Fsp3) is 0.385. The van der Waals surface area contributed by atoms with Crippen molar-refractivity contribution >= 4 is 11.8 Å². The summed E-state index contributed by atoms with van der Waals surface area (Å²) in [6.07, 6.45) is 1.09. The zero-order valence-electron chi connectivity index (χ0n) is 10.8. The molecule has 0 radical (unpaired) electrons. The Balaban J connectivity index is 2.14. The van der Waals surface area contributed by atoms with Gasteiger partial charge in [-0.15, -0.1) is 0 Å². The summed E-state index contributed by atoms with van der Waals surface area (Å²) in [6.45, 7) is 4.27. The molecule has 2 rings (SSSR count). The molecule has 1 unspecified atom stereocenters. The van der Waals surface area contributed by atoms with Crippen LogP contribution >= 0.6 is 11.8 Å². The topological polar surface area (TPSA) is 79.4 Å². The van der Waals surface area contributed by atoms with Crippen molar-refractivity contribution in [1.29, 1.82) is 0 Å². The first-order valence-corrected chi connectivity index (χ1v) is 7.11. The smallest absolute Gasteiger partial charge is 0.261 e. The van der Waals surface area contributed by atoms with Gasteiger partial charge in [0, 0.05) is 5.25 Å². The van der Waals surface area contributed by atoms with E-state index in [0.717, 1.165) is 6.42 Å². The Morgan fingerprint density at radius 2 is 2.16 bits per heavy atom. The van der Waals surface area contributed by atoms with Crippen LogP contribution in [0.25, 0.3) is 11.5 Å². The van der Waals surface area contributed by atoms with Gasteiger partial charge in [-0.2, -0.15) is 16.7 Å². The van der Waals surface area contributed by atoms with E-state index in [1.54, 1.807) is 11.8 Å². The number of aromatic nitrogens is 2. The highest BCUT2D eigenvalue weighted by Gasteiger charge is 2.14. The molecule has 19 heavy (non-hydrogen) atoms. The Morgan fingerprint density at radius 1 is 1.37 bits per heavy atom. The molecular formula is C13H16N2O3S. The van der Waals surface area contributed by atoms with Crippen LogP contribution < -0.4 is 0 Å². The van der Waals surface area contributed by atoms with Crippen molar-refractivity contribution in [2.24, 2.45) is 0 Å². The molecule has 0 saturated carbocycles. The number of aromatic hydroxyl groups is 2. The lowest BCUT2D eigenvalue weighted by Crippen LogP contribution is -1.94. The maximum atomic E-state index is 9.71. The predicted molar refractivity (Wildman–Crippen MR) is 74.1 cm³/mol. The molecule has 0 aliphatic carbocycles. The minimum atomic E-state index is 0.00239. The Morgan fingerprint density at radius 3 is 2.89 bits per heavy atom. The van der Waals surface area contributed by atoms with Gasteiger partial charge < -0.3 is 14.7 Å². The third kappa shape index (κ3) is 3.41. The highest BCUT2D eigenvalue weighted by atomic mass is 32.2. The Labute approximate surface area is 115 Å². The molecule has 5 nitrogen and oxygen atoms in total. The van der Waals surface area contributed by atoms with Gasteiger partial charge in [0.2, 0.25) is 0 Å². The van der Waals surface area contributed by atoms with Gasteiger partial charge in [0.05, 0.1) is 11.3 Å². The van der Waals surface area contributed by atoms with Crippen molar-refractivity contribution in [1.82, 2.24) is 10.1 Å². The molecule has 0 bridgehead atoms. The molecular weight excluding hydrogens is 264 g/mol. The van der Waals surface area contributed by atoms with Crippen molar-refractivity contribution < 1.29 is 14.7 Å². The lowest BCUT2D eigenvalue weighted by molar-refractivity contribution is 0.418. The van der Waals surface area contributed by atoms with Gasteiger partial charge in [-0.1, -0.05) is 19.0 Å². The quantitative estimate of drug-likeness (QED) is 0.819. The molecule has 0 fully saturated rings. The van der Waals surface area contributed by atoms with Crippen LogP contribution in [-0.2, 0) is 5.75 Å². The molecule has 2 aromatic rings. The van der Waals surface area contributed by atoms with E-state index in [9.17, 15) is 10.2 Å². The van der Waals surface area contributed by atoms with E-state index in [0.29, 0.717) is 22.4 Å². The zero-order chi connectivity index (χ0) is 13.8. The van der Waals surface area contributed by atoms with Gasteiger partial charge >= 0.3 is 0 Å². The fourth-order valence-electron chi connectivity index (χ4n) is 1.45. The first-order chi connectivity index (χ1) is 9.10. The number of phenols is 2. The average Bonchev–Trinajstić information content (AvgIpc) is 2.87. The highest BCUT2D eigenvalue weighted by molar-refractivity contribution is 7.99. The van der Waals surface area contributed by atoms with E-state index in [-0.39, 0.29) is 17.4 Å². The number of benzene rings is 1. The maximum Gasteiger partial charge on any atom is 0.261 e. The largest absolute Gasteiger partial charge is 0.508 e. The van der Waals surface area contributed by atoms with Crippen LogP contribution in [-0.4, -0.2) is 25.6 Å². The minimum Gasteiger partial charge on any atom is -0.508 e. The van der Waals surface area contributed by atoms with E-state index < -0.39 is 0 Å². The molecule has 6 heteroatoms. The second kappa shape index (κ2) is 5.97. The number of nitrogens with zero attached hydrogens (tertiary/aromatic N) is 2. The summed E-state index contributed by atoms with van der Waals surface area (Å²) >= 11 is 1.75. The number of thioether (sulfide) groups is 1. The molecule has 0 amide bonds. The van der Waals surface area contributed by atoms with E-state index in [4.69, 9.17) is 4.52 Å². The van der Waals surface area contributed by atoms with Gasteiger partial charge in [-0.25, -0.2) is 0 Å². The first-order valence-electron chi connectivity index (χ1n) is 6.06. The van der Waals surface area contributed by atoms with Crippen LogP contribution in [0.5, 0.6) is 11.5 Å². The lowest BCUT2D eigenvalue weighted by Gasteiger charge is -2.04. The van der Waals surface area contributed by atoms with Crippen molar-refractivity contribution in [3.8, 4) is 23.0 Å². The van der Waals surface area contributed by atoms with Crippen molar-refractivity contribution in [3.63, 3.8) is 0 Å². The van der Waals surface area contributed by atoms with E-state index in [2.05, 4.69) is 24.0 Å². The second-order valence-corrected chi connectivity index (χ2v) is 5.67. The number of rotatable bonds is 5. The van der Waals surface area contributed by atoms with E-state index in [1.807, 2.05) is 0 Å². The molecule has 0 saturated heterocycles. The van der Waals surface area contributed by atoms with Crippen molar-refractivity contribution in [3.05, 3.63) is 24.0 Å². The van der Waals surface area contributed by atoms with Gasteiger partial charge in [0.1, 0.15) is 11.5 Å². The van der Waals surface area contributed by atoms with Crippen LogP contribution in [0.15, 0.2) is 22.7 Å². The third-order valence-electron chi connectivity index (χ3n) is 2.75. The molecule has 1 heterocycles. The third-order valence-corrected chi connectivity index (χ3v) is 4.08. The molecule has 102 valence electrons. The summed E-state index contributed by atoms with van der Waals surface area (Å²) in [4.78, 5) is 4.22. The molecule has 0 aliphatic rings. The number of hydrogen-bond acceptors (Lipinski definition) is 6. The van der Waals surface area contributed by atoms with Gasteiger partial charge in [-0.3, -0.25) is 0 Å². The zero-order valence-corrected chi connectivity index (χ0v) is 11.6. The van der Waals surface area contributed by atoms with Crippen LogP contribution in [0.3, 0.4) is 0 Å². The SMILES string of the molecule is CCC(C)SCc1noc(-c2cc(O)ccc2O)n1. The summed E-state index contributed by atoms with van der Waals surface area (Å²) in [7, 11) is 0. The van der Waals surface area contributed by atoms with E-state index >= 15 is 0 Å². The average molecular weight is 280 g/mol. The van der Waals surface area contributed by atoms with Crippen LogP contribution in [0, 0.1) is 0 Å². The first kappa shape index (κ1) is 13.7. The Kier molecular flexibility index (Phi) is 4.31. The van der Waals surface area contributed by atoms with Crippen molar-refractivity contribution in [2.45, 2.75) is 31.3 Å². The summed E-state index contributed by atoms with van der Waals surface area (Å²) < 4.78 is 5.11. The maximum absolute atomic E-state index is 9.71. The van der Waals surface area contributed by atoms with Crippen LogP contribution in [0.1, 0.15) is 26.1 Å². The highest BCUT2D eigenvalue weighted by Crippen LogP contribution is 2.31. The van der Waals surface area contributed by atoms with Crippen LogP contribution in [0.2, 0.25) is 0 Å². The molecule has 1 aromatic carbocycles. The Bertz CT molecular complexity index is 557. The summed E-state index contributed by atoms with van der Waals surface area (Å²) in [5.74, 6) is 1.51. The number of hydrogen-bond donors (Lipinski definition) is 2. The van der Waals surface area contributed by atoms with Crippen molar-refractivity contribution in [2.75, 3.05) is 0 Å². The number of phenolic OH excluding ortho intramolecular Hbond substituents is 2. The minimum absolute atomic E-state index is 0.00239. The van der Waals surface area contributed by atoms with Gasteiger partial charge in [0.25, 0.3) is 5.89 Å². The van der Waals surface area contributed by atoms with E-state index in [1.165, 1.54) is 18.2 Å². The summed E-state index contributed by atoms with van der Waals surface area (Å²) in [5.41, 5.74) is 0.340. The molecule has 1 aromatic heterocycles. The summed E-state index contributed by atoms with van der Waals surface area (Å²) in [5, 5.41) is 23.5. The molecule has 0 spiro atoms. The Hall–Kier alpha value is -1.69. The standard InChI is InChI=1S/C13H16N2O3S/c1-3-8(2)19-7-12-14-13(18-15-12)10-6-9(16)4-5-11(10)17/h4-6,8,16-17H,3,7H2,1-2H3. The molecule has 1 atom stereocenters. The van der Waals surface area contributed by atoms with Gasteiger partial charge in [0.15, 0.2) is 5.82 Å². The second-order valence-electron chi connectivity index (χ2n) is 4.25. The summed E-state index contributed by atoms with van der Waals surface area (Å²) in [6, 6.07) is 4.19. The van der Waals surface area contributed by atoms with Gasteiger partial charge in [-0.05, 0) is 24.6 Å². The monoisotopic (exact) mass is 280 g/mol. The lowest BCUT2D eigenvalue weighted by atomic mass is 10.2. The predicted octanol–water partition coefficient (Wildman–Crippen LogP) is 3.18. The van der Waals surface area contributed by atoms with Crippen LogP contribution in [0.4, 0.5) is 0 Å². The molecule has 0 aliphatic heterocycles. The molecule has 2 N–H and O–H groups in total. The normalized spacial score (nSPS) is 12.5. The fourth-order valence-corrected chi connectivity index (χ4v) is 2.24.